The van der Waals surface area contributed by atoms with Gasteiger partial charge in [0.05, 0.1) is 22.3 Å². The van der Waals surface area contributed by atoms with Crippen LogP contribution in [0.3, 0.4) is 0 Å². The average Bonchev–Trinajstić information content (AvgIpc) is 3.16. The molecule has 0 unspecified atom stereocenters. The fraction of sp³-hybridized carbons (Fsp3) is 0.143. The molecule has 0 atom stereocenters. The van der Waals surface area contributed by atoms with Gasteiger partial charge in [0.15, 0.2) is 11.0 Å². The summed E-state index contributed by atoms with van der Waals surface area (Å²) >= 11 is 13.0. The normalized spacial score (nSPS) is 10.6. The first-order valence-corrected chi connectivity index (χ1v) is 11.1. The molecule has 2 amide bonds. The van der Waals surface area contributed by atoms with Gasteiger partial charge in [0.1, 0.15) is 5.82 Å². The number of halogens is 3. The highest BCUT2D eigenvalue weighted by atomic mass is 35.5. The lowest BCUT2D eigenvalue weighted by Gasteiger charge is -2.09. The number of rotatable bonds is 9. The molecule has 3 rings (SSSR count). The number of thioether (sulfide) groups is 1. The standard InChI is InChI=1S/C21H18Cl2FN5O2S/c1-2-9-29-18(11-25-20(31)13-3-8-16(22)17(23)10-13)27-28-21(29)32-12-19(30)26-15-6-4-14(24)5-7-15/h2-8,10H,1,9,11-12H2,(H,25,31)(H,26,30). The van der Waals surface area contributed by atoms with Gasteiger partial charge >= 0.3 is 0 Å². The average molecular weight is 494 g/mol. The van der Waals surface area contributed by atoms with E-state index in [0.29, 0.717) is 33.8 Å². The van der Waals surface area contributed by atoms with Crippen LogP contribution in [0.5, 0.6) is 0 Å². The molecule has 0 bridgehead atoms. The number of nitrogens with one attached hydrogen (secondary N) is 2. The topological polar surface area (TPSA) is 88.9 Å². The fourth-order valence-electron chi connectivity index (χ4n) is 2.63. The van der Waals surface area contributed by atoms with Crippen LogP contribution in [0.15, 0.2) is 60.3 Å². The lowest BCUT2D eigenvalue weighted by molar-refractivity contribution is -0.113. The number of benzene rings is 2. The number of carbonyl (C=O) groups is 2. The molecule has 1 aromatic heterocycles. The summed E-state index contributed by atoms with van der Waals surface area (Å²) in [5.74, 6) is -0.426. The molecule has 7 nitrogen and oxygen atoms in total. The summed E-state index contributed by atoms with van der Waals surface area (Å²) in [5.41, 5.74) is 0.858. The Balaban J connectivity index is 1.60. The largest absolute Gasteiger partial charge is 0.345 e. The van der Waals surface area contributed by atoms with E-state index in [1.807, 2.05) is 0 Å². The summed E-state index contributed by atoms with van der Waals surface area (Å²) in [6, 6.07) is 10.1. The predicted molar refractivity (Wildman–Crippen MR) is 124 cm³/mol. The van der Waals surface area contributed by atoms with Crippen molar-refractivity contribution in [3.8, 4) is 0 Å². The highest BCUT2D eigenvalue weighted by Crippen LogP contribution is 2.23. The number of allylic oxidation sites excluding steroid dienone is 1. The molecule has 3 aromatic rings. The fourth-order valence-corrected chi connectivity index (χ4v) is 3.69. The third-order valence-electron chi connectivity index (χ3n) is 4.15. The summed E-state index contributed by atoms with van der Waals surface area (Å²) in [5, 5.41) is 14.8. The van der Waals surface area contributed by atoms with Gasteiger partial charge in [0.25, 0.3) is 5.91 Å². The second-order valence-electron chi connectivity index (χ2n) is 6.45. The molecule has 2 N–H and O–H groups in total. The highest BCUT2D eigenvalue weighted by molar-refractivity contribution is 7.99. The zero-order chi connectivity index (χ0) is 23.1. The van der Waals surface area contributed by atoms with Crippen molar-refractivity contribution in [1.29, 1.82) is 0 Å². The van der Waals surface area contributed by atoms with Crippen molar-refractivity contribution in [3.63, 3.8) is 0 Å². The van der Waals surface area contributed by atoms with Crippen LogP contribution in [0.1, 0.15) is 16.2 Å². The minimum absolute atomic E-state index is 0.0717. The van der Waals surface area contributed by atoms with Crippen molar-refractivity contribution < 1.29 is 14.0 Å². The van der Waals surface area contributed by atoms with Gasteiger partial charge in [-0.25, -0.2) is 4.39 Å². The van der Waals surface area contributed by atoms with Crippen LogP contribution in [0, 0.1) is 5.82 Å². The molecular weight excluding hydrogens is 476 g/mol. The quantitative estimate of drug-likeness (QED) is 0.336. The predicted octanol–water partition coefficient (Wildman–Crippen LogP) is 4.57. The number of aromatic nitrogens is 3. The maximum absolute atomic E-state index is 13.0. The van der Waals surface area contributed by atoms with E-state index in [9.17, 15) is 14.0 Å². The van der Waals surface area contributed by atoms with Crippen molar-refractivity contribution in [1.82, 2.24) is 20.1 Å². The molecule has 0 radical (unpaired) electrons. The lowest BCUT2D eigenvalue weighted by atomic mass is 10.2. The highest BCUT2D eigenvalue weighted by Gasteiger charge is 2.15. The smallest absolute Gasteiger partial charge is 0.251 e. The van der Waals surface area contributed by atoms with E-state index in [1.165, 1.54) is 42.1 Å². The minimum atomic E-state index is -0.381. The SMILES string of the molecule is C=CCn1c(CNC(=O)c2ccc(Cl)c(Cl)c2)nnc1SCC(=O)Nc1ccc(F)cc1. The van der Waals surface area contributed by atoms with Gasteiger partial charge in [-0.1, -0.05) is 41.0 Å². The second-order valence-corrected chi connectivity index (χ2v) is 8.21. The minimum Gasteiger partial charge on any atom is -0.345 e. The number of anilines is 1. The molecule has 0 aliphatic carbocycles. The van der Waals surface area contributed by atoms with Crippen LogP contribution in [0.2, 0.25) is 10.0 Å². The van der Waals surface area contributed by atoms with Crippen LogP contribution in [-0.2, 0) is 17.9 Å². The molecule has 0 aliphatic rings. The number of nitrogens with zero attached hydrogens (tertiary/aromatic N) is 3. The van der Waals surface area contributed by atoms with Gasteiger partial charge in [0, 0.05) is 17.8 Å². The first kappa shape index (κ1) is 23.8. The summed E-state index contributed by atoms with van der Waals surface area (Å²) in [6.07, 6.45) is 1.66. The third-order valence-corrected chi connectivity index (χ3v) is 5.86. The number of amides is 2. The van der Waals surface area contributed by atoms with Crippen LogP contribution in [-0.4, -0.2) is 32.3 Å². The maximum atomic E-state index is 13.0. The Hall–Kier alpha value is -2.88. The summed E-state index contributed by atoms with van der Waals surface area (Å²) < 4.78 is 14.7. The summed E-state index contributed by atoms with van der Waals surface area (Å²) in [7, 11) is 0. The summed E-state index contributed by atoms with van der Waals surface area (Å²) in [6.45, 7) is 4.24. The lowest BCUT2D eigenvalue weighted by Crippen LogP contribution is -2.25. The monoisotopic (exact) mass is 493 g/mol. The Bertz CT molecular complexity index is 1140. The molecule has 11 heteroatoms. The van der Waals surface area contributed by atoms with Gasteiger partial charge in [-0.3, -0.25) is 9.59 Å². The van der Waals surface area contributed by atoms with E-state index in [0.717, 1.165) is 0 Å². The molecule has 0 aliphatic heterocycles. The van der Waals surface area contributed by atoms with E-state index < -0.39 is 0 Å². The molecule has 1 heterocycles. The second kappa shape index (κ2) is 11.1. The van der Waals surface area contributed by atoms with Crippen molar-refractivity contribution in [2.45, 2.75) is 18.2 Å². The van der Waals surface area contributed by atoms with Crippen molar-refractivity contribution in [3.05, 3.63) is 82.4 Å². The van der Waals surface area contributed by atoms with Gasteiger partial charge in [-0.2, -0.15) is 0 Å². The zero-order valence-corrected chi connectivity index (χ0v) is 19.0. The summed E-state index contributed by atoms with van der Waals surface area (Å²) in [4.78, 5) is 24.6. The van der Waals surface area contributed by atoms with Gasteiger partial charge in [0.2, 0.25) is 5.91 Å². The molecule has 0 saturated carbocycles. The zero-order valence-electron chi connectivity index (χ0n) is 16.6. The van der Waals surface area contributed by atoms with E-state index in [-0.39, 0.29) is 35.0 Å². The number of carbonyl (C=O) groups excluding carboxylic acids is 2. The first-order chi connectivity index (χ1) is 15.4. The van der Waals surface area contributed by atoms with Crippen molar-refractivity contribution in [2.24, 2.45) is 0 Å². The molecule has 2 aromatic carbocycles. The Labute approximate surface area is 198 Å². The Kier molecular flexibility index (Phi) is 8.26. The molecule has 0 saturated heterocycles. The Morgan fingerprint density at radius 1 is 1.12 bits per heavy atom. The van der Waals surface area contributed by atoms with Crippen LogP contribution in [0.4, 0.5) is 10.1 Å². The third kappa shape index (κ3) is 6.32. The van der Waals surface area contributed by atoms with Crippen LogP contribution in [0.25, 0.3) is 0 Å². The van der Waals surface area contributed by atoms with Crippen molar-refractivity contribution in [2.75, 3.05) is 11.1 Å². The maximum Gasteiger partial charge on any atom is 0.251 e. The molecule has 32 heavy (non-hydrogen) atoms. The van der Waals surface area contributed by atoms with E-state index in [4.69, 9.17) is 23.2 Å². The number of hydrogen-bond donors (Lipinski definition) is 2. The molecule has 0 fully saturated rings. The van der Waals surface area contributed by atoms with Gasteiger partial charge in [-0.05, 0) is 42.5 Å². The number of hydrogen-bond acceptors (Lipinski definition) is 5. The van der Waals surface area contributed by atoms with E-state index in [2.05, 4.69) is 27.4 Å². The van der Waals surface area contributed by atoms with Crippen LogP contribution < -0.4 is 10.6 Å². The van der Waals surface area contributed by atoms with Crippen molar-refractivity contribution >= 4 is 52.5 Å². The molecule has 166 valence electrons. The van der Waals surface area contributed by atoms with E-state index in [1.54, 1.807) is 22.8 Å². The Morgan fingerprint density at radius 2 is 1.88 bits per heavy atom. The molecular formula is C21H18Cl2FN5O2S. The molecule has 0 spiro atoms. The van der Waals surface area contributed by atoms with E-state index >= 15 is 0 Å². The first-order valence-electron chi connectivity index (χ1n) is 9.32. The van der Waals surface area contributed by atoms with Gasteiger partial charge in [-0.15, -0.1) is 16.8 Å². The van der Waals surface area contributed by atoms with Crippen LogP contribution >= 0.6 is 35.0 Å². The van der Waals surface area contributed by atoms with Gasteiger partial charge < -0.3 is 15.2 Å². The Morgan fingerprint density at radius 3 is 2.56 bits per heavy atom.